The second-order valence-electron chi connectivity index (χ2n) is 7.29. The monoisotopic (exact) mass is 454 g/mol. The molecule has 0 aliphatic carbocycles. The van der Waals surface area contributed by atoms with Crippen molar-refractivity contribution >= 4 is 20.0 Å². The fourth-order valence-electron chi connectivity index (χ4n) is 3.04. The number of unbranched alkanes of at least 4 members (excludes halogenated alkanes) is 7. The van der Waals surface area contributed by atoms with Crippen molar-refractivity contribution in [1.29, 1.82) is 0 Å². The molecule has 0 radical (unpaired) electrons. The van der Waals surface area contributed by atoms with Gasteiger partial charge in [-0.2, -0.15) is 8.42 Å². The zero-order valence-electron chi connectivity index (χ0n) is 17.3. The molecule has 166 valence electrons. The van der Waals surface area contributed by atoms with E-state index in [2.05, 4.69) is 6.92 Å². The molecule has 0 aromatic heterocycles. The number of phenolic OH excluding ortho intramolecular Hbond substituents is 1. The highest BCUT2D eigenvalue weighted by Gasteiger charge is 2.18. The molecule has 2 aromatic carbocycles. The van der Waals surface area contributed by atoms with Crippen LogP contribution in [0.15, 0.2) is 58.3 Å². The summed E-state index contributed by atoms with van der Waals surface area (Å²) in [6.45, 7) is 2.17. The van der Waals surface area contributed by atoms with Crippen LogP contribution < -0.4 is 4.18 Å². The molecule has 2 aromatic rings. The Balaban J connectivity index is 1.86. The summed E-state index contributed by atoms with van der Waals surface area (Å²) in [4.78, 5) is 0.0531. The number of aromatic hydroxyl groups is 1. The summed E-state index contributed by atoms with van der Waals surface area (Å²) in [6.07, 6.45) is 8.41. The topological polar surface area (TPSA) is 97.7 Å². The van der Waals surface area contributed by atoms with Crippen molar-refractivity contribution in [3.05, 3.63) is 48.5 Å². The molecule has 0 fully saturated rings. The van der Waals surface area contributed by atoms with Crippen LogP contribution in [0.5, 0.6) is 11.5 Å². The molecule has 2 rings (SSSR count). The Bertz CT molecular complexity index is 979. The molecule has 0 aliphatic heterocycles. The van der Waals surface area contributed by atoms with Crippen LogP contribution in [-0.4, -0.2) is 27.7 Å². The lowest BCUT2D eigenvalue weighted by atomic mass is 10.1. The summed E-state index contributed by atoms with van der Waals surface area (Å²) in [5.41, 5.74) is 0. The highest BCUT2D eigenvalue weighted by atomic mass is 32.2. The Hall–Kier alpha value is -2.06. The van der Waals surface area contributed by atoms with E-state index in [-0.39, 0.29) is 27.0 Å². The van der Waals surface area contributed by atoms with Gasteiger partial charge in [0.25, 0.3) is 0 Å². The third-order valence-corrected chi connectivity index (χ3v) is 7.77. The zero-order chi connectivity index (χ0) is 22.0. The number of hydrogen-bond donors (Lipinski definition) is 1. The van der Waals surface area contributed by atoms with Gasteiger partial charge in [-0.3, -0.25) is 0 Å². The van der Waals surface area contributed by atoms with Gasteiger partial charge >= 0.3 is 10.1 Å². The number of rotatable bonds is 13. The van der Waals surface area contributed by atoms with Crippen LogP contribution >= 0.6 is 0 Å². The maximum Gasteiger partial charge on any atom is 0.309 e. The molecule has 0 bridgehead atoms. The summed E-state index contributed by atoms with van der Waals surface area (Å²) in [7, 11) is -7.48. The van der Waals surface area contributed by atoms with E-state index in [1.165, 1.54) is 74.2 Å². The van der Waals surface area contributed by atoms with E-state index >= 15 is 0 Å². The lowest BCUT2D eigenvalue weighted by molar-refractivity contribution is 0.474. The van der Waals surface area contributed by atoms with Crippen LogP contribution in [0.2, 0.25) is 0 Å². The zero-order valence-corrected chi connectivity index (χ0v) is 18.9. The molecule has 30 heavy (non-hydrogen) atoms. The van der Waals surface area contributed by atoms with Crippen LogP contribution in [0, 0.1) is 0 Å². The van der Waals surface area contributed by atoms with Crippen LogP contribution in [0.3, 0.4) is 0 Å². The Morgan fingerprint density at radius 1 is 0.700 bits per heavy atom. The molecule has 1 N–H and O–H groups in total. The lowest BCUT2D eigenvalue weighted by Gasteiger charge is -2.09. The normalized spacial score (nSPS) is 12.0. The number of phenols is 1. The molecule has 8 heteroatoms. The minimum Gasteiger partial charge on any atom is -0.508 e. The van der Waals surface area contributed by atoms with Crippen LogP contribution in [-0.2, 0) is 20.0 Å². The molecule has 0 aliphatic rings. The fourth-order valence-corrected chi connectivity index (χ4v) is 5.34. The van der Waals surface area contributed by atoms with E-state index in [1.807, 2.05) is 0 Å². The first-order chi connectivity index (χ1) is 14.2. The van der Waals surface area contributed by atoms with Gasteiger partial charge < -0.3 is 9.29 Å². The van der Waals surface area contributed by atoms with Crippen molar-refractivity contribution in [2.24, 2.45) is 0 Å². The quantitative estimate of drug-likeness (QED) is 0.335. The van der Waals surface area contributed by atoms with E-state index < -0.39 is 20.0 Å². The molecule has 0 heterocycles. The van der Waals surface area contributed by atoms with Gasteiger partial charge in [0.1, 0.15) is 11.5 Å². The van der Waals surface area contributed by atoms with E-state index in [0.29, 0.717) is 6.42 Å². The maximum atomic E-state index is 12.6. The largest absolute Gasteiger partial charge is 0.508 e. The standard InChI is InChI=1S/C22H30O6S2/c1-2-3-4-5-6-7-8-9-18-29(24,25)28-20-12-16-22(17-13-20)30(26,27)21-14-10-19(23)11-15-21/h10-17,23H,2-9,18H2,1H3. The van der Waals surface area contributed by atoms with Crippen molar-refractivity contribution < 1.29 is 26.1 Å². The molecule has 0 unspecified atom stereocenters. The van der Waals surface area contributed by atoms with Crippen molar-refractivity contribution in [3.63, 3.8) is 0 Å². The fraction of sp³-hybridized carbons (Fsp3) is 0.455. The van der Waals surface area contributed by atoms with Gasteiger partial charge in [-0.05, 0) is 55.0 Å². The average molecular weight is 455 g/mol. The van der Waals surface area contributed by atoms with E-state index in [1.54, 1.807) is 0 Å². The SMILES string of the molecule is CCCCCCCCCCS(=O)(=O)Oc1ccc(S(=O)(=O)c2ccc(O)cc2)cc1. The smallest absolute Gasteiger partial charge is 0.309 e. The Morgan fingerprint density at radius 2 is 1.17 bits per heavy atom. The van der Waals surface area contributed by atoms with Gasteiger partial charge in [-0.25, -0.2) is 8.42 Å². The first kappa shape index (κ1) is 24.2. The van der Waals surface area contributed by atoms with Crippen molar-refractivity contribution in [2.75, 3.05) is 5.75 Å². The third-order valence-electron chi connectivity index (χ3n) is 4.75. The number of hydrogen-bond acceptors (Lipinski definition) is 6. The van der Waals surface area contributed by atoms with Crippen molar-refractivity contribution in [2.45, 2.75) is 68.1 Å². The lowest BCUT2D eigenvalue weighted by Crippen LogP contribution is -2.14. The second-order valence-corrected chi connectivity index (χ2v) is 10.9. The summed E-state index contributed by atoms with van der Waals surface area (Å²) in [5.74, 6) is -0.00572. The van der Waals surface area contributed by atoms with Gasteiger partial charge in [0.05, 0.1) is 15.5 Å². The Labute approximate surface area is 180 Å². The van der Waals surface area contributed by atoms with Crippen LogP contribution in [0.4, 0.5) is 0 Å². The first-order valence-electron chi connectivity index (χ1n) is 10.3. The van der Waals surface area contributed by atoms with Gasteiger partial charge in [-0.15, -0.1) is 0 Å². The minimum atomic E-state index is -3.76. The summed E-state index contributed by atoms with van der Waals surface area (Å²) < 4.78 is 54.6. The van der Waals surface area contributed by atoms with Crippen molar-refractivity contribution in [3.8, 4) is 11.5 Å². The number of benzene rings is 2. The summed E-state index contributed by atoms with van der Waals surface area (Å²) in [5, 5.41) is 9.30. The third kappa shape index (κ3) is 7.65. The van der Waals surface area contributed by atoms with E-state index in [9.17, 15) is 21.9 Å². The Morgan fingerprint density at radius 3 is 1.70 bits per heavy atom. The van der Waals surface area contributed by atoms with Crippen molar-refractivity contribution in [1.82, 2.24) is 0 Å². The molecule has 0 spiro atoms. The molecule has 6 nitrogen and oxygen atoms in total. The summed E-state index contributed by atoms with van der Waals surface area (Å²) in [6, 6.07) is 10.5. The first-order valence-corrected chi connectivity index (χ1v) is 13.4. The van der Waals surface area contributed by atoms with E-state index in [4.69, 9.17) is 4.18 Å². The van der Waals surface area contributed by atoms with E-state index in [0.717, 1.165) is 19.3 Å². The number of sulfone groups is 1. The van der Waals surface area contributed by atoms with Crippen LogP contribution in [0.1, 0.15) is 58.3 Å². The predicted octanol–water partition coefficient (Wildman–Crippen LogP) is 5.07. The van der Waals surface area contributed by atoms with Gasteiger partial charge in [-0.1, -0.05) is 51.9 Å². The molecule has 0 amide bonds. The molecular weight excluding hydrogens is 424 g/mol. The maximum absolute atomic E-state index is 12.6. The molecule has 0 atom stereocenters. The van der Waals surface area contributed by atoms with Gasteiger partial charge in [0, 0.05) is 0 Å². The van der Waals surface area contributed by atoms with Crippen LogP contribution in [0.25, 0.3) is 0 Å². The van der Waals surface area contributed by atoms with Gasteiger partial charge in [0.15, 0.2) is 0 Å². The summed E-state index contributed by atoms with van der Waals surface area (Å²) >= 11 is 0. The predicted molar refractivity (Wildman–Crippen MR) is 117 cm³/mol. The highest BCUT2D eigenvalue weighted by molar-refractivity contribution is 7.91. The Kier molecular flexibility index (Phi) is 9.17. The molecular formula is C22H30O6S2. The minimum absolute atomic E-state index is 0.0148. The highest BCUT2D eigenvalue weighted by Crippen LogP contribution is 2.25. The average Bonchev–Trinajstić information content (AvgIpc) is 2.70. The second kappa shape index (κ2) is 11.4. The van der Waals surface area contributed by atoms with Gasteiger partial charge in [0.2, 0.25) is 9.84 Å². The molecule has 0 saturated heterocycles. The molecule has 0 saturated carbocycles.